The van der Waals surface area contributed by atoms with Crippen LogP contribution < -0.4 is 0 Å². The van der Waals surface area contributed by atoms with Gasteiger partial charge in [-0.15, -0.1) is 0 Å². The van der Waals surface area contributed by atoms with E-state index < -0.39 is 0 Å². The smallest absolute Gasteiger partial charge is 0.314 e. The molecule has 3 nitrogen and oxygen atoms in total. The third-order valence-corrected chi connectivity index (χ3v) is 5.21. The zero-order valence-corrected chi connectivity index (χ0v) is 12.0. The lowest BCUT2D eigenvalue weighted by molar-refractivity contribution is -0.146. The summed E-state index contributed by atoms with van der Waals surface area (Å²) in [6, 6.07) is 10.5. The lowest BCUT2D eigenvalue weighted by Gasteiger charge is -2.24. The summed E-state index contributed by atoms with van der Waals surface area (Å²) in [4.78, 5) is 14.8. The number of fused-ring (bicyclic) bond motifs is 1. The summed E-state index contributed by atoms with van der Waals surface area (Å²) in [5.74, 6) is 6.82. The van der Waals surface area contributed by atoms with Crippen LogP contribution in [0.5, 0.6) is 0 Å². The van der Waals surface area contributed by atoms with Gasteiger partial charge in [-0.25, -0.2) is 0 Å². The fraction of sp³-hybridized carbons (Fsp3) is 0.500. The number of esters is 1. The van der Waals surface area contributed by atoms with Crippen LogP contribution in [0.1, 0.15) is 24.8 Å². The summed E-state index contributed by atoms with van der Waals surface area (Å²) in [5.41, 5.74) is 0.655. The molecule has 108 valence electrons. The highest BCUT2D eigenvalue weighted by Gasteiger charge is 2.60. The standard InChI is InChI=1S/C18H19NO2/c20-17-18(10-12-21-17)13-19-11-4-7-16(19)15(18)9-8-14-5-2-1-3-6-14/h1-3,5-6,15-16H,4,7,10-13H2/t15-,16+,18+/m0/s1. The van der Waals surface area contributed by atoms with E-state index in [0.717, 1.165) is 31.5 Å². The van der Waals surface area contributed by atoms with Gasteiger partial charge in [0.15, 0.2) is 0 Å². The molecule has 21 heavy (non-hydrogen) atoms. The number of hydrogen-bond donors (Lipinski definition) is 0. The Kier molecular flexibility index (Phi) is 3.01. The van der Waals surface area contributed by atoms with Crippen molar-refractivity contribution >= 4 is 5.97 Å². The van der Waals surface area contributed by atoms with Gasteiger partial charge in [-0.2, -0.15) is 0 Å². The van der Waals surface area contributed by atoms with Crippen LogP contribution in [0.15, 0.2) is 30.3 Å². The van der Waals surface area contributed by atoms with E-state index in [1.54, 1.807) is 0 Å². The van der Waals surface area contributed by atoms with E-state index in [4.69, 9.17) is 4.74 Å². The van der Waals surface area contributed by atoms with Gasteiger partial charge >= 0.3 is 5.97 Å². The van der Waals surface area contributed by atoms with Crippen molar-refractivity contribution in [1.82, 2.24) is 4.90 Å². The topological polar surface area (TPSA) is 29.5 Å². The number of ether oxygens (including phenoxy) is 1. The van der Waals surface area contributed by atoms with E-state index in [1.807, 2.05) is 30.3 Å². The average molecular weight is 281 g/mol. The molecule has 1 spiro atoms. The van der Waals surface area contributed by atoms with Crippen LogP contribution in [0.2, 0.25) is 0 Å². The molecule has 0 aliphatic carbocycles. The van der Waals surface area contributed by atoms with Gasteiger partial charge in [0, 0.05) is 24.6 Å². The van der Waals surface area contributed by atoms with Crippen molar-refractivity contribution in [2.45, 2.75) is 25.3 Å². The number of carbonyl (C=O) groups excluding carboxylic acids is 1. The Labute approximate surface area is 125 Å². The number of carbonyl (C=O) groups is 1. The van der Waals surface area contributed by atoms with E-state index in [1.165, 1.54) is 6.42 Å². The van der Waals surface area contributed by atoms with E-state index >= 15 is 0 Å². The largest absolute Gasteiger partial charge is 0.465 e. The first-order valence-electron chi connectivity index (χ1n) is 7.77. The minimum Gasteiger partial charge on any atom is -0.465 e. The molecule has 0 N–H and O–H groups in total. The van der Waals surface area contributed by atoms with E-state index in [9.17, 15) is 4.79 Å². The summed E-state index contributed by atoms with van der Waals surface area (Å²) in [6.07, 6.45) is 3.20. The molecule has 3 aliphatic heterocycles. The van der Waals surface area contributed by atoms with Gasteiger partial charge in [-0.1, -0.05) is 30.0 Å². The van der Waals surface area contributed by atoms with Crippen LogP contribution in [0.3, 0.4) is 0 Å². The lowest BCUT2D eigenvalue weighted by atomic mass is 9.74. The minimum atomic E-state index is -0.368. The number of hydrogen-bond acceptors (Lipinski definition) is 3. The maximum Gasteiger partial charge on any atom is 0.314 e. The van der Waals surface area contributed by atoms with Crippen molar-refractivity contribution in [2.75, 3.05) is 19.7 Å². The van der Waals surface area contributed by atoms with Crippen LogP contribution in [-0.2, 0) is 9.53 Å². The molecule has 4 rings (SSSR count). The first-order chi connectivity index (χ1) is 10.3. The van der Waals surface area contributed by atoms with Crippen molar-refractivity contribution in [3.8, 4) is 11.8 Å². The third-order valence-electron chi connectivity index (χ3n) is 5.21. The number of benzene rings is 1. The predicted molar refractivity (Wildman–Crippen MR) is 79.4 cm³/mol. The molecule has 3 saturated heterocycles. The van der Waals surface area contributed by atoms with Crippen molar-refractivity contribution in [2.24, 2.45) is 11.3 Å². The fourth-order valence-electron chi connectivity index (χ4n) is 4.17. The maximum atomic E-state index is 12.3. The molecule has 3 fully saturated rings. The zero-order valence-electron chi connectivity index (χ0n) is 12.0. The van der Waals surface area contributed by atoms with Crippen LogP contribution >= 0.6 is 0 Å². The van der Waals surface area contributed by atoms with Gasteiger partial charge in [0.2, 0.25) is 0 Å². The molecule has 1 aromatic rings. The Hall–Kier alpha value is -1.79. The molecule has 3 aliphatic rings. The highest BCUT2D eigenvalue weighted by Crippen LogP contribution is 2.49. The Morgan fingerprint density at radius 1 is 1.29 bits per heavy atom. The number of nitrogens with zero attached hydrogens (tertiary/aromatic N) is 1. The summed E-state index contributed by atoms with van der Waals surface area (Å²) in [6.45, 7) is 2.50. The number of rotatable bonds is 0. The van der Waals surface area contributed by atoms with Crippen LogP contribution in [0, 0.1) is 23.2 Å². The van der Waals surface area contributed by atoms with Crippen LogP contribution in [0.25, 0.3) is 0 Å². The van der Waals surface area contributed by atoms with Gasteiger partial charge in [0.25, 0.3) is 0 Å². The molecule has 0 aromatic heterocycles. The Morgan fingerprint density at radius 3 is 2.90 bits per heavy atom. The molecule has 0 amide bonds. The molecule has 0 unspecified atom stereocenters. The fourth-order valence-corrected chi connectivity index (χ4v) is 4.17. The second-order valence-electron chi connectivity index (χ2n) is 6.34. The highest BCUT2D eigenvalue weighted by atomic mass is 16.5. The summed E-state index contributed by atoms with van der Waals surface area (Å²) in [5, 5.41) is 0. The molecule has 3 atom stereocenters. The minimum absolute atomic E-state index is 0.0238. The first kappa shape index (κ1) is 12.9. The summed E-state index contributed by atoms with van der Waals surface area (Å²) < 4.78 is 5.30. The summed E-state index contributed by atoms with van der Waals surface area (Å²) in [7, 11) is 0. The second-order valence-corrected chi connectivity index (χ2v) is 6.34. The zero-order chi connectivity index (χ0) is 14.3. The summed E-state index contributed by atoms with van der Waals surface area (Å²) >= 11 is 0. The lowest BCUT2D eigenvalue weighted by Crippen LogP contribution is -2.36. The maximum absolute atomic E-state index is 12.3. The SMILES string of the molecule is O=C1OCC[C@]12CN1CCC[C@@H]1[C@@H]2C#Cc1ccccc1. The van der Waals surface area contributed by atoms with Crippen molar-refractivity contribution < 1.29 is 9.53 Å². The van der Waals surface area contributed by atoms with Gasteiger partial charge in [0.1, 0.15) is 0 Å². The van der Waals surface area contributed by atoms with Crippen molar-refractivity contribution in [3.05, 3.63) is 35.9 Å². The van der Waals surface area contributed by atoms with Gasteiger partial charge in [0.05, 0.1) is 17.9 Å². The normalized spacial score (nSPS) is 34.6. The Morgan fingerprint density at radius 2 is 2.14 bits per heavy atom. The third kappa shape index (κ3) is 1.98. The Balaban J connectivity index is 1.70. The van der Waals surface area contributed by atoms with Crippen molar-refractivity contribution in [3.63, 3.8) is 0 Å². The van der Waals surface area contributed by atoms with Gasteiger partial charge < -0.3 is 4.74 Å². The van der Waals surface area contributed by atoms with Crippen LogP contribution in [-0.4, -0.2) is 36.6 Å². The molecule has 0 saturated carbocycles. The van der Waals surface area contributed by atoms with E-state index in [2.05, 4.69) is 16.7 Å². The molecule has 1 aromatic carbocycles. The Bertz CT molecular complexity index is 615. The number of cyclic esters (lactones) is 1. The highest BCUT2D eigenvalue weighted by molar-refractivity contribution is 5.80. The van der Waals surface area contributed by atoms with E-state index in [0.29, 0.717) is 12.6 Å². The second kappa shape index (κ2) is 4.89. The quantitative estimate of drug-likeness (QED) is 0.538. The molecule has 3 heteroatoms. The average Bonchev–Trinajstić information content (AvgIpc) is 3.16. The predicted octanol–water partition coefficient (Wildman–Crippen LogP) is 2.07. The van der Waals surface area contributed by atoms with Crippen molar-refractivity contribution in [1.29, 1.82) is 0 Å². The molecule has 0 radical (unpaired) electrons. The molecular formula is C18H19NO2. The van der Waals surface area contributed by atoms with Gasteiger partial charge in [-0.3, -0.25) is 9.69 Å². The molecule has 3 heterocycles. The van der Waals surface area contributed by atoms with Gasteiger partial charge in [-0.05, 0) is 31.5 Å². The first-order valence-corrected chi connectivity index (χ1v) is 7.77. The van der Waals surface area contributed by atoms with E-state index in [-0.39, 0.29) is 17.3 Å². The molecular weight excluding hydrogens is 262 g/mol. The monoisotopic (exact) mass is 281 g/mol. The molecule has 0 bridgehead atoms. The van der Waals surface area contributed by atoms with Crippen LogP contribution in [0.4, 0.5) is 0 Å².